The highest BCUT2D eigenvalue weighted by Gasteiger charge is 2.27. The number of nitrogens with one attached hydrogen (secondary N) is 1. The number of amides is 1. The predicted octanol–water partition coefficient (Wildman–Crippen LogP) is -1.00. The summed E-state index contributed by atoms with van der Waals surface area (Å²) in [5, 5.41) is 3.24. The van der Waals surface area contributed by atoms with Crippen LogP contribution >= 0.6 is 0 Å². The zero-order valence-corrected chi connectivity index (χ0v) is 9.95. The van der Waals surface area contributed by atoms with Crippen LogP contribution in [0.5, 0.6) is 0 Å². The van der Waals surface area contributed by atoms with Gasteiger partial charge in [0.2, 0.25) is 5.91 Å². The van der Waals surface area contributed by atoms with Gasteiger partial charge in [0.25, 0.3) is 0 Å². The van der Waals surface area contributed by atoms with Crippen molar-refractivity contribution in [1.82, 2.24) is 15.1 Å². The average Bonchev–Trinajstić information content (AvgIpc) is 2.57. The smallest absolute Gasteiger partial charge is 0.229 e. The zero-order valence-electron chi connectivity index (χ0n) is 9.95. The molecule has 1 N–H and O–H groups in total. The van der Waals surface area contributed by atoms with Crippen molar-refractivity contribution in [2.75, 3.05) is 59.5 Å². The quantitative estimate of drug-likeness (QED) is 0.624. The van der Waals surface area contributed by atoms with Gasteiger partial charge in [-0.2, -0.15) is 0 Å². The highest BCUT2D eigenvalue weighted by atomic mass is 16.5. The first-order chi connectivity index (χ1) is 7.77. The Morgan fingerprint density at radius 3 is 2.81 bits per heavy atom. The standard InChI is InChI=1S/C11H21N3O2/c1-13-3-5-14(6-4-13)11(15)10-8-12-2-7-16-9-10/h10,12H,2-9H2,1H3. The number of rotatable bonds is 1. The van der Waals surface area contributed by atoms with E-state index in [1.54, 1.807) is 0 Å². The number of ether oxygens (including phenoxy) is 1. The monoisotopic (exact) mass is 227 g/mol. The first-order valence-electron chi connectivity index (χ1n) is 6.03. The van der Waals surface area contributed by atoms with Crippen molar-refractivity contribution in [2.24, 2.45) is 5.92 Å². The molecule has 1 atom stereocenters. The molecule has 92 valence electrons. The number of hydrogen-bond acceptors (Lipinski definition) is 4. The topological polar surface area (TPSA) is 44.8 Å². The molecule has 0 aliphatic carbocycles. The molecule has 0 bridgehead atoms. The summed E-state index contributed by atoms with van der Waals surface area (Å²) in [5.74, 6) is 0.258. The van der Waals surface area contributed by atoms with Crippen LogP contribution in [0, 0.1) is 5.92 Å². The summed E-state index contributed by atoms with van der Waals surface area (Å²) in [6.45, 7) is 6.56. The zero-order chi connectivity index (χ0) is 11.4. The fraction of sp³-hybridized carbons (Fsp3) is 0.909. The number of carbonyl (C=O) groups is 1. The minimum Gasteiger partial charge on any atom is -0.379 e. The van der Waals surface area contributed by atoms with Crippen LogP contribution in [0.2, 0.25) is 0 Å². The molecule has 16 heavy (non-hydrogen) atoms. The highest BCUT2D eigenvalue weighted by molar-refractivity contribution is 5.79. The Morgan fingerprint density at radius 1 is 1.31 bits per heavy atom. The first kappa shape index (κ1) is 11.8. The van der Waals surface area contributed by atoms with Crippen molar-refractivity contribution in [3.05, 3.63) is 0 Å². The van der Waals surface area contributed by atoms with Gasteiger partial charge in [-0.3, -0.25) is 4.79 Å². The number of nitrogens with zero attached hydrogens (tertiary/aromatic N) is 2. The fourth-order valence-electron chi connectivity index (χ4n) is 2.15. The molecule has 0 aromatic carbocycles. The fourth-order valence-corrected chi connectivity index (χ4v) is 2.15. The van der Waals surface area contributed by atoms with E-state index >= 15 is 0 Å². The third-order valence-electron chi connectivity index (χ3n) is 3.30. The van der Waals surface area contributed by atoms with Crippen LogP contribution in [0.3, 0.4) is 0 Å². The molecule has 2 aliphatic heterocycles. The molecule has 0 spiro atoms. The highest BCUT2D eigenvalue weighted by Crippen LogP contribution is 2.08. The Bertz CT molecular complexity index is 231. The Labute approximate surface area is 96.7 Å². The first-order valence-corrected chi connectivity index (χ1v) is 6.03. The molecule has 0 aromatic heterocycles. The molecular formula is C11H21N3O2. The van der Waals surface area contributed by atoms with Crippen molar-refractivity contribution in [1.29, 1.82) is 0 Å². The minimum absolute atomic E-state index is 0.00547. The van der Waals surface area contributed by atoms with Gasteiger partial charge in [-0.15, -0.1) is 0 Å². The molecule has 2 aliphatic rings. The van der Waals surface area contributed by atoms with Gasteiger partial charge in [-0.25, -0.2) is 0 Å². The normalized spacial score (nSPS) is 28.8. The second-order valence-electron chi connectivity index (χ2n) is 4.60. The molecule has 2 heterocycles. The maximum Gasteiger partial charge on any atom is 0.229 e. The van der Waals surface area contributed by atoms with E-state index in [2.05, 4.69) is 17.3 Å². The minimum atomic E-state index is 0.00547. The van der Waals surface area contributed by atoms with E-state index in [4.69, 9.17) is 4.74 Å². The molecule has 0 aromatic rings. The van der Waals surface area contributed by atoms with Crippen molar-refractivity contribution >= 4 is 5.91 Å². The second-order valence-corrected chi connectivity index (χ2v) is 4.60. The summed E-state index contributed by atoms with van der Waals surface area (Å²) in [4.78, 5) is 16.4. The van der Waals surface area contributed by atoms with E-state index in [9.17, 15) is 4.79 Å². The van der Waals surface area contributed by atoms with Crippen LogP contribution in [0.25, 0.3) is 0 Å². The lowest BCUT2D eigenvalue weighted by Crippen LogP contribution is -2.50. The summed E-state index contributed by atoms with van der Waals surface area (Å²) in [6, 6.07) is 0. The maximum absolute atomic E-state index is 12.2. The summed E-state index contributed by atoms with van der Waals surface area (Å²) in [6.07, 6.45) is 0. The van der Waals surface area contributed by atoms with Crippen LogP contribution < -0.4 is 5.32 Å². The molecule has 1 amide bonds. The molecule has 2 fully saturated rings. The average molecular weight is 227 g/mol. The van der Waals surface area contributed by atoms with E-state index in [-0.39, 0.29) is 11.8 Å². The molecule has 2 saturated heterocycles. The number of piperazine rings is 1. The van der Waals surface area contributed by atoms with Gasteiger partial charge in [0.1, 0.15) is 0 Å². The van der Waals surface area contributed by atoms with Crippen molar-refractivity contribution < 1.29 is 9.53 Å². The maximum atomic E-state index is 12.2. The van der Waals surface area contributed by atoms with Gasteiger partial charge in [0, 0.05) is 39.3 Å². The van der Waals surface area contributed by atoms with E-state index in [0.717, 1.165) is 39.3 Å². The molecule has 5 nitrogen and oxygen atoms in total. The number of hydrogen-bond donors (Lipinski definition) is 1. The van der Waals surface area contributed by atoms with Crippen LogP contribution in [0.1, 0.15) is 0 Å². The van der Waals surface area contributed by atoms with E-state index < -0.39 is 0 Å². The lowest BCUT2D eigenvalue weighted by Gasteiger charge is -2.34. The van der Waals surface area contributed by atoms with E-state index in [0.29, 0.717) is 13.2 Å². The Hall–Kier alpha value is -0.650. The van der Waals surface area contributed by atoms with Crippen molar-refractivity contribution in [3.63, 3.8) is 0 Å². The van der Waals surface area contributed by atoms with Crippen LogP contribution in [-0.2, 0) is 9.53 Å². The lowest BCUT2D eigenvalue weighted by molar-refractivity contribution is -0.138. The van der Waals surface area contributed by atoms with Crippen LogP contribution in [0.15, 0.2) is 0 Å². The molecule has 1 unspecified atom stereocenters. The number of likely N-dealkylation sites (N-methyl/N-ethyl adjacent to an activating group) is 1. The van der Waals surface area contributed by atoms with E-state index in [1.165, 1.54) is 0 Å². The largest absolute Gasteiger partial charge is 0.379 e. The van der Waals surface area contributed by atoms with Gasteiger partial charge >= 0.3 is 0 Å². The number of carbonyl (C=O) groups excluding carboxylic acids is 1. The van der Waals surface area contributed by atoms with Gasteiger partial charge in [-0.1, -0.05) is 0 Å². The SMILES string of the molecule is CN1CCN(C(=O)C2CNCCOC2)CC1. The summed E-state index contributed by atoms with van der Waals surface area (Å²) in [7, 11) is 2.10. The summed E-state index contributed by atoms with van der Waals surface area (Å²) < 4.78 is 5.42. The summed E-state index contributed by atoms with van der Waals surface area (Å²) >= 11 is 0. The Morgan fingerprint density at radius 2 is 2.06 bits per heavy atom. The molecule has 0 radical (unpaired) electrons. The van der Waals surface area contributed by atoms with Crippen molar-refractivity contribution in [2.45, 2.75) is 0 Å². The second kappa shape index (κ2) is 5.61. The Balaban J connectivity index is 1.85. The molecular weight excluding hydrogens is 206 g/mol. The van der Waals surface area contributed by atoms with Crippen molar-refractivity contribution in [3.8, 4) is 0 Å². The van der Waals surface area contributed by atoms with Gasteiger partial charge in [-0.05, 0) is 7.05 Å². The lowest BCUT2D eigenvalue weighted by atomic mass is 10.1. The third-order valence-corrected chi connectivity index (χ3v) is 3.30. The molecule has 2 rings (SSSR count). The van der Waals surface area contributed by atoms with Crippen LogP contribution in [0.4, 0.5) is 0 Å². The van der Waals surface area contributed by atoms with Gasteiger partial charge in [0.05, 0.1) is 19.1 Å². The van der Waals surface area contributed by atoms with E-state index in [1.807, 2.05) is 4.90 Å². The van der Waals surface area contributed by atoms with Gasteiger partial charge in [0.15, 0.2) is 0 Å². The van der Waals surface area contributed by atoms with Crippen LogP contribution in [-0.4, -0.2) is 75.2 Å². The Kier molecular flexibility index (Phi) is 4.15. The molecule has 0 saturated carbocycles. The van der Waals surface area contributed by atoms with Gasteiger partial charge < -0.3 is 19.9 Å². The third kappa shape index (κ3) is 2.93. The predicted molar refractivity (Wildman–Crippen MR) is 61.3 cm³/mol. The summed E-state index contributed by atoms with van der Waals surface area (Å²) in [5.41, 5.74) is 0. The molecule has 5 heteroatoms.